The van der Waals surface area contributed by atoms with Gasteiger partial charge in [-0.1, -0.05) is 17.7 Å². The molecule has 0 amide bonds. The Morgan fingerprint density at radius 2 is 2.15 bits per heavy atom. The van der Waals surface area contributed by atoms with Crippen molar-refractivity contribution in [2.75, 3.05) is 12.4 Å². The lowest BCUT2D eigenvalue weighted by Gasteiger charge is -2.09. The lowest BCUT2D eigenvalue weighted by atomic mass is 10.2. The summed E-state index contributed by atoms with van der Waals surface area (Å²) in [6, 6.07) is 5.75. The second-order valence-corrected chi connectivity index (χ2v) is 3.50. The smallest absolute Gasteiger partial charge is 0.170 e. The summed E-state index contributed by atoms with van der Waals surface area (Å²) < 4.78 is 0. The molecule has 1 aromatic rings. The highest BCUT2D eigenvalue weighted by molar-refractivity contribution is 7.80. The second-order valence-electron chi connectivity index (χ2n) is 2.69. The fraction of sp³-hybridized carbons (Fsp3) is 0.222. The molecule has 1 rings (SSSR count). The van der Waals surface area contributed by atoms with E-state index in [0.29, 0.717) is 10.1 Å². The van der Waals surface area contributed by atoms with Gasteiger partial charge in [0.2, 0.25) is 0 Å². The molecule has 0 aliphatic heterocycles. The van der Waals surface area contributed by atoms with Crippen LogP contribution in [0.5, 0.6) is 0 Å². The highest BCUT2D eigenvalue weighted by atomic mass is 35.5. The molecule has 2 N–H and O–H groups in total. The molecule has 0 spiro atoms. The number of halogens is 1. The molecule has 0 aliphatic carbocycles. The van der Waals surface area contributed by atoms with Crippen LogP contribution in [0.4, 0.5) is 5.69 Å². The zero-order valence-corrected chi connectivity index (χ0v) is 9.09. The van der Waals surface area contributed by atoms with Crippen molar-refractivity contribution in [2.24, 2.45) is 0 Å². The average Bonchev–Trinajstić information content (AvgIpc) is 2.11. The fourth-order valence-corrected chi connectivity index (χ4v) is 1.19. The first-order valence-corrected chi connectivity index (χ1v) is 4.67. The largest absolute Gasteiger partial charge is 0.366 e. The lowest BCUT2D eigenvalue weighted by Crippen LogP contribution is -2.24. The second kappa shape index (κ2) is 4.44. The Labute approximate surface area is 88.3 Å². The van der Waals surface area contributed by atoms with Crippen LogP contribution in [0.2, 0.25) is 5.02 Å². The summed E-state index contributed by atoms with van der Waals surface area (Å²) in [6.07, 6.45) is 0. The molecular weight excluding hydrogens is 204 g/mol. The molecular formula is C9H11ClN2S. The van der Waals surface area contributed by atoms with Gasteiger partial charge >= 0.3 is 0 Å². The third-order valence-electron chi connectivity index (χ3n) is 1.60. The number of anilines is 1. The highest BCUT2D eigenvalue weighted by Crippen LogP contribution is 2.22. The maximum absolute atomic E-state index is 5.95. The van der Waals surface area contributed by atoms with Crippen LogP contribution in [-0.4, -0.2) is 12.2 Å². The van der Waals surface area contributed by atoms with Crippen molar-refractivity contribution in [1.29, 1.82) is 0 Å². The normalized spacial score (nSPS) is 9.46. The van der Waals surface area contributed by atoms with Gasteiger partial charge in [0.1, 0.15) is 0 Å². The monoisotopic (exact) mass is 214 g/mol. The first kappa shape index (κ1) is 10.3. The van der Waals surface area contributed by atoms with E-state index in [2.05, 4.69) is 10.6 Å². The van der Waals surface area contributed by atoms with Gasteiger partial charge in [0.25, 0.3) is 0 Å². The molecule has 0 radical (unpaired) electrons. The van der Waals surface area contributed by atoms with Crippen LogP contribution in [0.25, 0.3) is 0 Å². The number of thiocarbonyl (C=S) groups is 1. The van der Waals surface area contributed by atoms with Gasteiger partial charge in [-0.15, -0.1) is 0 Å². The van der Waals surface area contributed by atoms with Crippen LogP contribution in [0.3, 0.4) is 0 Å². The Kier molecular flexibility index (Phi) is 3.51. The van der Waals surface area contributed by atoms with Crippen molar-refractivity contribution in [1.82, 2.24) is 5.32 Å². The van der Waals surface area contributed by atoms with E-state index in [1.54, 1.807) is 7.05 Å². The Morgan fingerprint density at radius 3 is 2.77 bits per heavy atom. The summed E-state index contributed by atoms with van der Waals surface area (Å²) in [5.41, 5.74) is 1.98. The first-order valence-electron chi connectivity index (χ1n) is 3.88. The predicted octanol–water partition coefficient (Wildman–Crippen LogP) is 2.56. The van der Waals surface area contributed by atoms with Crippen LogP contribution in [-0.2, 0) is 0 Å². The van der Waals surface area contributed by atoms with E-state index in [9.17, 15) is 0 Å². The van der Waals surface area contributed by atoms with E-state index < -0.39 is 0 Å². The summed E-state index contributed by atoms with van der Waals surface area (Å²) in [5, 5.41) is 7.04. The summed E-state index contributed by atoms with van der Waals surface area (Å²) in [4.78, 5) is 0. The quantitative estimate of drug-likeness (QED) is 0.703. The van der Waals surface area contributed by atoms with Gasteiger partial charge in [-0.2, -0.15) is 0 Å². The Morgan fingerprint density at radius 1 is 1.46 bits per heavy atom. The maximum atomic E-state index is 5.95. The molecule has 4 heteroatoms. The SMILES string of the molecule is CNC(=S)Nc1cc(C)ccc1Cl. The molecule has 0 bridgehead atoms. The zero-order chi connectivity index (χ0) is 9.84. The van der Waals surface area contributed by atoms with Crippen LogP contribution in [0.1, 0.15) is 5.56 Å². The van der Waals surface area contributed by atoms with Gasteiger partial charge in [0.15, 0.2) is 5.11 Å². The minimum Gasteiger partial charge on any atom is -0.366 e. The highest BCUT2D eigenvalue weighted by Gasteiger charge is 2.00. The van der Waals surface area contributed by atoms with Gasteiger partial charge in [-0.3, -0.25) is 0 Å². The number of hydrogen-bond donors (Lipinski definition) is 2. The molecule has 0 unspecified atom stereocenters. The van der Waals surface area contributed by atoms with E-state index >= 15 is 0 Å². The molecule has 1 aromatic carbocycles. The summed E-state index contributed by atoms with van der Waals surface area (Å²) in [7, 11) is 1.76. The molecule has 70 valence electrons. The van der Waals surface area contributed by atoms with E-state index in [0.717, 1.165) is 11.3 Å². The number of rotatable bonds is 1. The zero-order valence-electron chi connectivity index (χ0n) is 7.52. The Bertz CT molecular complexity index is 325. The topological polar surface area (TPSA) is 24.1 Å². The van der Waals surface area contributed by atoms with E-state index in [-0.39, 0.29) is 0 Å². The van der Waals surface area contributed by atoms with Crippen molar-refractivity contribution in [2.45, 2.75) is 6.92 Å². The van der Waals surface area contributed by atoms with E-state index in [1.165, 1.54) is 0 Å². The first-order chi connectivity index (χ1) is 6.13. The van der Waals surface area contributed by atoms with Gasteiger partial charge in [0, 0.05) is 7.05 Å². The molecule has 0 aromatic heterocycles. The summed E-state index contributed by atoms with van der Waals surface area (Å²) in [6.45, 7) is 2.00. The summed E-state index contributed by atoms with van der Waals surface area (Å²) in [5.74, 6) is 0. The molecule has 0 atom stereocenters. The number of nitrogens with one attached hydrogen (secondary N) is 2. The molecule has 2 nitrogen and oxygen atoms in total. The summed E-state index contributed by atoms with van der Waals surface area (Å²) >= 11 is 10.9. The van der Waals surface area contributed by atoms with Crippen molar-refractivity contribution < 1.29 is 0 Å². The van der Waals surface area contributed by atoms with Crippen LogP contribution >= 0.6 is 23.8 Å². The fourth-order valence-electron chi connectivity index (χ4n) is 0.920. The molecule has 0 saturated carbocycles. The van der Waals surface area contributed by atoms with Crippen molar-refractivity contribution in [3.8, 4) is 0 Å². The average molecular weight is 215 g/mol. The molecule has 13 heavy (non-hydrogen) atoms. The minimum atomic E-state index is 0.563. The molecule has 0 heterocycles. The molecule has 0 saturated heterocycles. The van der Waals surface area contributed by atoms with Crippen molar-refractivity contribution in [3.63, 3.8) is 0 Å². The van der Waals surface area contributed by atoms with Crippen molar-refractivity contribution >= 4 is 34.6 Å². The lowest BCUT2D eigenvalue weighted by molar-refractivity contribution is 1.20. The predicted molar refractivity (Wildman–Crippen MR) is 61.5 cm³/mol. The third kappa shape index (κ3) is 2.86. The minimum absolute atomic E-state index is 0.563. The van der Waals surface area contributed by atoms with E-state index in [1.807, 2.05) is 25.1 Å². The maximum Gasteiger partial charge on any atom is 0.170 e. The van der Waals surface area contributed by atoms with E-state index in [4.69, 9.17) is 23.8 Å². The Balaban J connectivity index is 2.87. The van der Waals surface area contributed by atoms with Crippen LogP contribution in [0, 0.1) is 6.92 Å². The number of hydrogen-bond acceptors (Lipinski definition) is 1. The van der Waals surface area contributed by atoms with Crippen LogP contribution in [0.15, 0.2) is 18.2 Å². The van der Waals surface area contributed by atoms with Crippen molar-refractivity contribution in [3.05, 3.63) is 28.8 Å². The van der Waals surface area contributed by atoms with Gasteiger partial charge in [-0.05, 0) is 36.8 Å². The standard InChI is InChI=1S/C9H11ClN2S/c1-6-3-4-7(10)8(5-6)12-9(13)11-2/h3-5H,1-2H3,(H2,11,12,13). The Hall–Kier alpha value is -0.800. The van der Waals surface area contributed by atoms with Crippen LogP contribution < -0.4 is 10.6 Å². The number of benzene rings is 1. The molecule has 0 fully saturated rings. The van der Waals surface area contributed by atoms with Gasteiger partial charge < -0.3 is 10.6 Å². The number of aryl methyl sites for hydroxylation is 1. The molecule has 0 aliphatic rings. The van der Waals surface area contributed by atoms with Gasteiger partial charge in [0.05, 0.1) is 10.7 Å². The van der Waals surface area contributed by atoms with Gasteiger partial charge in [-0.25, -0.2) is 0 Å². The third-order valence-corrected chi connectivity index (χ3v) is 2.23.